The van der Waals surface area contributed by atoms with Gasteiger partial charge in [-0.05, 0) is 58.7 Å². The Labute approximate surface area is 144 Å². The highest BCUT2D eigenvalue weighted by atomic mass is 16.2. The zero-order valence-electron chi connectivity index (χ0n) is 15.7. The van der Waals surface area contributed by atoms with Crippen molar-refractivity contribution in [3.63, 3.8) is 0 Å². The Morgan fingerprint density at radius 3 is 2.33 bits per heavy atom. The van der Waals surface area contributed by atoms with E-state index in [1.165, 1.54) is 0 Å². The summed E-state index contributed by atoms with van der Waals surface area (Å²) in [6, 6.07) is 7.59. The average Bonchev–Trinajstić information content (AvgIpc) is 2.92. The molecule has 0 aliphatic heterocycles. The minimum Gasteiger partial charge on any atom is -0.266 e. The number of pyridine rings is 1. The van der Waals surface area contributed by atoms with E-state index in [-0.39, 0.29) is 17.5 Å². The fourth-order valence-corrected chi connectivity index (χ4v) is 2.55. The van der Waals surface area contributed by atoms with Gasteiger partial charge in [0.2, 0.25) is 0 Å². The Morgan fingerprint density at radius 1 is 1.17 bits per heavy atom. The molecule has 130 valence electrons. The van der Waals surface area contributed by atoms with Crippen LogP contribution in [0.5, 0.6) is 0 Å². The van der Waals surface area contributed by atoms with Crippen LogP contribution in [0.4, 0.5) is 0 Å². The van der Waals surface area contributed by atoms with E-state index in [1.807, 2.05) is 42.8 Å². The highest BCUT2D eigenvalue weighted by Gasteiger charge is 2.24. The fourth-order valence-electron chi connectivity index (χ4n) is 2.55. The van der Waals surface area contributed by atoms with Crippen molar-refractivity contribution in [2.75, 3.05) is 0 Å². The van der Waals surface area contributed by atoms with Gasteiger partial charge in [-0.1, -0.05) is 19.9 Å². The van der Waals surface area contributed by atoms with Crippen molar-refractivity contribution in [1.82, 2.24) is 14.3 Å². The SMILES string of the molecule is CC(C)N=c1ccccn1C(=O)c1cc(C(C)C)n(C(C)(C)C)n1. The van der Waals surface area contributed by atoms with Gasteiger partial charge >= 0.3 is 0 Å². The molecular weight excluding hydrogens is 300 g/mol. The number of aromatic nitrogens is 3. The number of rotatable bonds is 3. The van der Waals surface area contributed by atoms with Crippen LogP contribution in [0, 0.1) is 0 Å². The highest BCUT2D eigenvalue weighted by Crippen LogP contribution is 2.23. The highest BCUT2D eigenvalue weighted by molar-refractivity contribution is 5.94. The molecule has 2 aromatic heterocycles. The van der Waals surface area contributed by atoms with Crippen molar-refractivity contribution in [1.29, 1.82) is 0 Å². The molecule has 0 aromatic carbocycles. The Bertz CT molecular complexity index is 788. The third-order valence-corrected chi connectivity index (χ3v) is 3.63. The molecule has 0 saturated heterocycles. The number of carbonyl (C=O) groups excluding carboxylic acids is 1. The Balaban J connectivity index is 2.57. The molecule has 0 unspecified atom stereocenters. The molecule has 5 heteroatoms. The second-order valence-electron chi connectivity index (χ2n) is 7.65. The van der Waals surface area contributed by atoms with E-state index in [2.05, 4.69) is 44.7 Å². The summed E-state index contributed by atoms with van der Waals surface area (Å²) >= 11 is 0. The van der Waals surface area contributed by atoms with Gasteiger partial charge < -0.3 is 0 Å². The van der Waals surface area contributed by atoms with Crippen molar-refractivity contribution in [3.8, 4) is 0 Å². The maximum absolute atomic E-state index is 13.0. The van der Waals surface area contributed by atoms with Crippen LogP contribution in [0.3, 0.4) is 0 Å². The lowest BCUT2D eigenvalue weighted by Gasteiger charge is -2.23. The number of hydrogen-bond acceptors (Lipinski definition) is 3. The lowest BCUT2D eigenvalue weighted by molar-refractivity contribution is 0.0948. The van der Waals surface area contributed by atoms with Crippen LogP contribution < -0.4 is 5.49 Å². The maximum atomic E-state index is 13.0. The summed E-state index contributed by atoms with van der Waals surface area (Å²) in [4.78, 5) is 17.5. The van der Waals surface area contributed by atoms with Crippen LogP contribution in [0.15, 0.2) is 35.5 Å². The first-order valence-electron chi connectivity index (χ1n) is 8.48. The van der Waals surface area contributed by atoms with Crippen LogP contribution in [-0.2, 0) is 5.54 Å². The number of hydrogen-bond donors (Lipinski definition) is 0. The minimum atomic E-state index is -0.176. The zero-order chi connectivity index (χ0) is 18.1. The van der Waals surface area contributed by atoms with Crippen molar-refractivity contribution in [2.45, 2.75) is 66.0 Å². The average molecular weight is 328 g/mol. The molecular formula is C19H28N4O. The van der Waals surface area contributed by atoms with Gasteiger partial charge in [-0.3, -0.25) is 19.0 Å². The van der Waals surface area contributed by atoms with E-state index in [0.29, 0.717) is 17.1 Å². The van der Waals surface area contributed by atoms with Crippen LogP contribution in [-0.4, -0.2) is 26.3 Å². The normalized spacial score (nSPS) is 13.1. The van der Waals surface area contributed by atoms with Crippen LogP contribution >= 0.6 is 0 Å². The summed E-state index contributed by atoms with van der Waals surface area (Å²) in [6.07, 6.45) is 1.74. The quantitative estimate of drug-likeness (QED) is 0.865. The molecule has 2 rings (SSSR count). The fraction of sp³-hybridized carbons (Fsp3) is 0.526. The summed E-state index contributed by atoms with van der Waals surface area (Å²) in [5, 5.41) is 4.60. The van der Waals surface area contributed by atoms with Gasteiger partial charge in [0.25, 0.3) is 5.91 Å². The number of carbonyl (C=O) groups is 1. The topological polar surface area (TPSA) is 52.2 Å². The van der Waals surface area contributed by atoms with E-state index in [9.17, 15) is 4.79 Å². The van der Waals surface area contributed by atoms with Crippen molar-refractivity contribution in [3.05, 3.63) is 47.3 Å². The van der Waals surface area contributed by atoms with Gasteiger partial charge in [0, 0.05) is 17.9 Å². The Kier molecular flexibility index (Phi) is 5.11. The molecule has 0 bridgehead atoms. The molecule has 0 fully saturated rings. The van der Waals surface area contributed by atoms with E-state index in [0.717, 1.165) is 5.69 Å². The molecule has 5 nitrogen and oxygen atoms in total. The smallest absolute Gasteiger partial charge is 0.266 e. The second kappa shape index (κ2) is 6.75. The van der Waals surface area contributed by atoms with E-state index in [1.54, 1.807) is 10.8 Å². The Morgan fingerprint density at radius 2 is 1.83 bits per heavy atom. The standard InChI is InChI=1S/C19H28N4O/c1-13(2)16-12-15(21-23(16)19(5,6)7)18(24)22-11-9-8-10-17(22)20-14(3)4/h8-14H,1-7H3. The molecule has 0 spiro atoms. The molecule has 0 N–H and O–H groups in total. The molecule has 0 saturated carbocycles. The second-order valence-corrected chi connectivity index (χ2v) is 7.65. The van der Waals surface area contributed by atoms with Gasteiger partial charge in [-0.25, -0.2) is 0 Å². The minimum absolute atomic E-state index is 0.116. The largest absolute Gasteiger partial charge is 0.284 e. The van der Waals surface area contributed by atoms with Crippen LogP contribution in [0.2, 0.25) is 0 Å². The van der Waals surface area contributed by atoms with Crippen LogP contribution in [0.1, 0.15) is 70.6 Å². The first-order chi connectivity index (χ1) is 11.1. The van der Waals surface area contributed by atoms with E-state index in [4.69, 9.17) is 0 Å². The molecule has 0 aliphatic rings. The predicted molar refractivity (Wildman–Crippen MR) is 96.2 cm³/mol. The zero-order valence-corrected chi connectivity index (χ0v) is 15.7. The van der Waals surface area contributed by atoms with E-state index >= 15 is 0 Å². The van der Waals surface area contributed by atoms with Gasteiger partial charge in [-0.15, -0.1) is 0 Å². The summed E-state index contributed by atoms with van der Waals surface area (Å²) in [5.41, 5.74) is 1.98. The summed E-state index contributed by atoms with van der Waals surface area (Å²) < 4.78 is 3.52. The summed E-state index contributed by atoms with van der Waals surface area (Å²) in [7, 11) is 0. The third kappa shape index (κ3) is 3.83. The molecule has 0 radical (unpaired) electrons. The maximum Gasteiger partial charge on any atom is 0.284 e. The summed E-state index contributed by atoms with van der Waals surface area (Å²) in [5.74, 6) is 0.138. The first kappa shape index (κ1) is 18.2. The van der Waals surface area contributed by atoms with E-state index < -0.39 is 0 Å². The predicted octanol–water partition coefficient (Wildman–Crippen LogP) is 3.56. The first-order valence-corrected chi connectivity index (χ1v) is 8.48. The van der Waals surface area contributed by atoms with Gasteiger partial charge in [0.05, 0.1) is 5.54 Å². The van der Waals surface area contributed by atoms with Crippen molar-refractivity contribution >= 4 is 5.91 Å². The molecule has 2 heterocycles. The number of nitrogens with zero attached hydrogens (tertiary/aromatic N) is 4. The lowest BCUT2D eigenvalue weighted by Crippen LogP contribution is -2.29. The molecule has 24 heavy (non-hydrogen) atoms. The van der Waals surface area contributed by atoms with Crippen LogP contribution in [0.25, 0.3) is 0 Å². The van der Waals surface area contributed by atoms with Gasteiger partial charge in [0.15, 0.2) is 5.69 Å². The summed E-state index contributed by atoms with van der Waals surface area (Å²) in [6.45, 7) is 14.5. The Hall–Kier alpha value is -2.17. The molecule has 0 aliphatic carbocycles. The third-order valence-electron chi connectivity index (χ3n) is 3.63. The van der Waals surface area contributed by atoms with Gasteiger partial charge in [-0.2, -0.15) is 5.10 Å². The molecule has 0 atom stereocenters. The molecule has 0 amide bonds. The van der Waals surface area contributed by atoms with Crippen molar-refractivity contribution < 1.29 is 4.79 Å². The monoisotopic (exact) mass is 328 g/mol. The molecule has 2 aromatic rings. The van der Waals surface area contributed by atoms with Crippen molar-refractivity contribution in [2.24, 2.45) is 4.99 Å². The van der Waals surface area contributed by atoms with Gasteiger partial charge in [0.1, 0.15) is 5.49 Å². The lowest BCUT2D eigenvalue weighted by atomic mass is 10.1.